The molecule has 146 valence electrons. The second-order valence-electron chi connectivity index (χ2n) is 7.86. The number of carbonyl (C=O) groups excluding carboxylic acids is 2. The number of anilines is 1. The largest absolute Gasteiger partial charge is 0.385 e. The maximum atomic E-state index is 13.0. The van der Waals surface area contributed by atoms with E-state index in [1.54, 1.807) is 0 Å². The second-order valence-corrected chi connectivity index (χ2v) is 8.77. The Morgan fingerprint density at radius 2 is 1.64 bits per heavy atom. The summed E-state index contributed by atoms with van der Waals surface area (Å²) in [6, 6.07) is 14.9. The van der Waals surface area contributed by atoms with Crippen LogP contribution >= 0.6 is 15.9 Å². The Hall–Kier alpha value is -2.02. The van der Waals surface area contributed by atoms with Crippen LogP contribution in [0.5, 0.6) is 0 Å². The number of aryl methyl sites for hydroxylation is 1. The Bertz CT molecular complexity index is 887. The van der Waals surface area contributed by atoms with Crippen LogP contribution in [0.25, 0.3) is 0 Å². The highest BCUT2D eigenvalue weighted by molar-refractivity contribution is 9.10. The molecule has 0 spiro atoms. The van der Waals surface area contributed by atoms with Gasteiger partial charge in [-0.3, -0.25) is 9.59 Å². The number of halogens is 1. The molecule has 4 rings (SSSR count). The van der Waals surface area contributed by atoms with Gasteiger partial charge in [-0.25, -0.2) is 4.90 Å². The Morgan fingerprint density at radius 1 is 1.04 bits per heavy atom. The minimum Gasteiger partial charge on any atom is -0.385 e. The van der Waals surface area contributed by atoms with E-state index >= 15 is 0 Å². The molecule has 6 heteroatoms. The first-order chi connectivity index (χ1) is 13.4. The quantitative estimate of drug-likeness (QED) is 0.712. The molecule has 0 aliphatic carbocycles. The molecule has 28 heavy (non-hydrogen) atoms. The smallest absolute Gasteiger partial charge is 0.292 e. The zero-order valence-electron chi connectivity index (χ0n) is 15.8. The van der Waals surface area contributed by atoms with Crippen LogP contribution in [0.2, 0.25) is 0 Å². The minimum atomic E-state index is -0.869. The summed E-state index contributed by atoms with van der Waals surface area (Å²) >= 11 is 3.42. The van der Waals surface area contributed by atoms with Gasteiger partial charge >= 0.3 is 0 Å². The van der Waals surface area contributed by atoms with Crippen LogP contribution in [0.4, 0.5) is 5.69 Å². The van der Waals surface area contributed by atoms with E-state index in [1.165, 1.54) is 4.90 Å². The molecule has 2 amide bonds. The molecule has 2 aromatic rings. The van der Waals surface area contributed by atoms with Crippen molar-refractivity contribution in [2.75, 3.05) is 18.0 Å². The van der Waals surface area contributed by atoms with Crippen molar-refractivity contribution in [3.05, 3.63) is 64.1 Å². The summed E-state index contributed by atoms with van der Waals surface area (Å²) in [6.07, 6.45) is 1.39. The molecule has 2 saturated heterocycles. The molecule has 2 heterocycles. The maximum absolute atomic E-state index is 13.0. The highest BCUT2D eigenvalue weighted by Crippen LogP contribution is 2.31. The van der Waals surface area contributed by atoms with Crippen molar-refractivity contribution in [1.82, 2.24) is 0 Å². The molecule has 0 aromatic heterocycles. The number of aliphatic hydroxyl groups is 1. The van der Waals surface area contributed by atoms with Gasteiger partial charge in [0.2, 0.25) is 5.91 Å². The lowest BCUT2D eigenvalue weighted by Gasteiger charge is -2.38. The van der Waals surface area contributed by atoms with Gasteiger partial charge in [-0.05, 0) is 36.8 Å². The monoisotopic (exact) mass is 443 g/mol. The molecule has 0 saturated carbocycles. The first-order valence-corrected chi connectivity index (χ1v) is 10.4. The molecule has 0 radical (unpaired) electrons. The summed E-state index contributed by atoms with van der Waals surface area (Å²) in [6.45, 7) is 3.31. The van der Waals surface area contributed by atoms with Crippen LogP contribution in [-0.4, -0.2) is 36.1 Å². The van der Waals surface area contributed by atoms with Gasteiger partial charge in [0.15, 0.2) is 6.04 Å². The van der Waals surface area contributed by atoms with E-state index in [0.29, 0.717) is 31.6 Å². The molecule has 2 fully saturated rings. The lowest BCUT2D eigenvalue weighted by Crippen LogP contribution is -3.18. The maximum Gasteiger partial charge on any atom is 0.292 e. The molecular weight excluding hydrogens is 420 g/mol. The summed E-state index contributed by atoms with van der Waals surface area (Å²) in [5, 5.41) is 11.1. The Balaban J connectivity index is 1.46. The van der Waals surface area contributed by atoms with Crippen LogP contribution in [0.1, 0.15) is 30.4 Å². The van der Waals surface area contributed by atoms with Crippen LogP contribution in [-0.2, 0) is 15.2 Å². The van der Waals surface area contributed by atoms with E-state index in [2.05, 4.69) is 15.9 Å². The van der Waals surface area contributed by atoms with Crippen molar-refractivity contribution in [2.24, 2.45) is 0 Å². The fourth-order valence-electron chi connectivity index (χ4n) is 4.30. The molecule has 1 atom stereocenters. The molecule has 0 bridgehead atoms. The summed E-state index contributed by atoms with van der Waals surface area (Å²) in [5.41, 5.74) is 1.77. The zero-order chi connectivity index (χ0) is 19.9. The van der Waals surface area contributed by atoms with Crippen molar-refractivity contribution in [3.63, 3.8) is 0 Å². The van der Waals surface area contributed by atoms with Gasteiger partial charge in [0.25, 0.3) is 5.91 Å². The number of carbonyl (C=O) groups is 2. The third-order valence-corrected chi connectivity index (χ3v) is 6.56. The van der Waals surface area contributed by atoms with Crippen LogP contribution < -0.4 is 9.80 Å². The normalized spacial score (nSPS) is 28.0. The van der Waals surface area contributed by atoms with E-state index in [9.17, 15) is 14.7 Å². The van der Waals surface area contributed by atoms with Crippen LogP contribution in [0, 0.1) is 6.92 Å². The number of imide groups is 1. The van der Waals surface area contributed by atoms with Gasteiger partial charge in [-0.15, -0.1) is 0 Å². The van der Waals surface area contributed by atoms with Crippen molar-refractivity contribution in [3.8, 4) is 0 Å². The number of likely N-dealkylation sites (tertiary alicyclic amines) is 1. The summed E-state index contributed by atoms with van der Waals surface area (Å²) in [7, 11) is 0. The van der Waals surface area contributed by atoms with Crippen LogP contribution in [0.15, 0.2) is 53.0 Å². The average Bonchev–Trinajstić information content (AvgIpc) is 2.98. The number of piperidine rings is 1. The van der Waals surface area contributed by atoms with E-state index in [0.717, 1.165) is 20.5 Å². The van der Waals surface area contributed by atoms with Crippen molar-refractivity contribution in [2.45, 2.75) is 37.8 Å². The Kier molecular flexibility index (Phi) is 5.12. The third kappa shape index (κ3) is 3.52. The number of amides is 2. The van der Waals surface area contributed by atoms with Crippen molar-refractivity contribution in [1.29, 1.82) is 0 Å². The topological polar surface area (TPSA) is 62.1 Å². The number of hydrogen-bond acceptors (Lipinski definition) is 3. The predicted octanol–water partition coefficient (Wildman–Crippen LogP) is 1.96. The third-order valence-electron chi connectivity index (χ3n) is 6.03. The number of hydrogen-bond donors (Lipinski definition) is 2. The Morgan fingerprint density at radius 3 is 2.25 bits per heavy atom. The van der Waals surface area contributed by atoms with E-state index < -0.39 is 5.60 Å². The van der Waals surface area contributed by atoms with E-state index in [-0.39, 0.29) is 24.3 Å². The van der Waals surface area contributed by atoms with E-state index in [4.69, 9.17) is 0 Å². The first-order valence-electron chi connectivity index (χ1n) is 9.64. The molecule has 2 aromatic carbocycles. The molecular formula is C22H24BrN2O3+. The van der Waals surface area contributed by atoms with Crippen LogP contribution in [0.3, 0.4) is 0 Å². The number of nitrogens with zero attached hydrogens (tertiary/aromatic N) is 1. The number of quaternary nitrogens is 1. The lowest BCUT2D eigenvalue weighted by molar-refractivity contribution is -0.922. The molecule has 5 nitrogen and oxygen atoms in total. The number of nitrogens with one attached hydrogen (secondary N) is 1. The number of benzene rings is 2. The number of rotatable bonds is 3. The highest BCUT2D eigenvalue weighted by Gasteiger charge is 2.48. The lowest BCUT2D eigenvalue weighted by atomic mass is 9.84. The van der Waals surface area contributed by atoms with E-state index in [1.807, 2.05) is 55.5 Å². The predicted molar refractivity (Wildman–Crippen MR) is 110 cm³/mol. The zero-order valence-corrected chi connectivity index (χ0v) is 17.4. The summed E-state index contributed by atoms with van der Waals surface area (Å²) < 4.78 is 0.981. The van der Waals surface area contributed by atoms with Gasteiger partial charge in [0.1, 0.15) is 5.60 Å². The van der Waals surface area contributed by atoms with Gasteiger partial charge in [-0.2, -0.15) is 0 Å². The standard InChI is InChI=1S/C22H23BrN2O3/c1-15-2-8-18(9-3-15)25-20(26)14-19(21(25)27)24-12-10-22(28,11-13-24)16-4-6-17(23)7-5-16/h2-9,19,28H,10-14H2,1H3/p+1/t19-/m0/s1. The van der Waals surface area contributed by atoms with Gasteiger partial charge in [-0.1, -0.05) is 45.8 Å². The highest BCUT2D eigenvalue weighted by atomic mass is 79.9. The summed E-state index contributed by atoms with van der Waals surface area (Å²) in [4.78, 5) is 27.9. The fraction of sp³-hybridized carbons (Fsp3) is 0.364. The van der Waals surface area contributed by atoms with Gasteiger partial charge < -0.3 is 10.0 Å². The average molecular weight is 444 g/mol. The molecule has 0 unspecified atom stereocenters. The first kappa shape index (κ1) is 19.3. The minimum absolute atomic E-state index is 0.127. The van der Waals surface area contributed by atoms with Gasteiger partial charge in [0.05, 0.1) is 25.2 Å². The molecule has 2 aliphatic rings. The fourth-order valence-corrected chi connectivity index (χ4v) is 4.56. The SMILES string of the molecule is Cc1ccc(N2C(=O)C[C@H]([NH+]3CCC(O)(c4ccc(Br)cc4)CC3)C2=O)cc1. The van der Waals surface area contributed by atoms with Gasteiger partial charge in [0, 0.05) is 17.3 Å². The summed E-state index contributed by atoms with van der Waals surface area (Å²) in [5.74, 6) is -0.266. The molecule has 2 aliphatic heterocycles. The van der Waals surface area contributed by atoms with Crippen molar-refractivity contribution < 1.29 is 19.6 Å². The Labute approximate surface area is 173 Å². The molecule has 2 N–H and O–H groups in total. The van der Waals surface area contributed by atoms with Crippen molar-refractivity contribution >= 4 is 33.4 Å². The second kappa shape index (κ2) is 7.43.